The van der Waals surface area contributed by atoms with Gasteiger partial charge in [0.25, 0.3) is 0 Å². The number of carbonyl (C=O) groups excluding carboxylic acids is 1. The maximum Gasteiger partial charge on any atom is 0.321 e. The Morgan fingerprint density at radius 3 is 2.71 bits per heavy atom. The lowest BCUT2D eigenvalue weighted by Crippen LogP contribution is -2.49. The predicted molar refractivity (Wildman–Crippen MR) is 93.1 cm³/mol. The van der Waals surface area contributed by atoms with Crippen LogP contribution < -0.4 is 5.32 Å². The van der Waals surface area contributed by atoms with Crippen molar-refractivity contribution in [1.29, 1.82) is 0 Å². The fourth-order valence-corrected chi connectivity index (χ4v) is 3.66. The van der Waals surface area contributed by atoms with E-state index in [4.69, 9.17) is 4.74 Å². The van der Waals surface area contributed by atoms with E-state index < -0.39 is 0 Å². The zero-order valence-corrected chi connectivity index (χ0v) is 14.6. The van der Waals surface area contributed by atoms with E-state index in [1.807, 2.05) is 11.1 Å². The van der Waals surface area contributed by atoms with E-state index in [0.29, 0.717) is 19.2 Å². The van der Waals surface area contributed by atoms with Crippen molar-refractivity contribution in [3.8, 4) is 0 Å². The van der Waals surface area contributed by atoms with Crippen LogP contribution in [0.15, 0.2) is 12.4 Å². The molecule has 0 saturated carbocycles. The molecule has 7 heteroatoms. The molecule has 3 rings (SSSR count). The van der Waals surface area contributed by atoms with Gasteiger partial charge in [-0.05, 0) is 38.8 Å². The molecule has 2 aliphatic rings. The Bertz CT molecular complexity index is 519. The number of urea groups is 1. The number of rotatable bonds is 5. The average molecular weight is 335 g/mol. The summed E-state index contributed by atoms with van der Waals surface area (Å²) in [7, 11) is 1.67. The van der Waals surface area contributed by atoms with Crippen LogP contribution in [0.1, 0.15) is 32.1 Å². The Balaban J connectivity index is 1.44. The first kappa shape index (κ1) is 17.2. The molecule has 2 amide bonds. The quantitative estimate of drug-likeness (QED) is 0.894. The summed E-state index contributed by atoms with van der Waals surface area (Å²) >= 11 is 0. The molecule has 0 unspecified atom stereocenters. The summed E-state index contributed by atoms with van der Waals surface area (Å²) in [6, 6.07) is 0.643. The number of hydrogen-bond acceptors (Lipinski definition) is 4. The fourth-order valence-electron chi connectivity index (χ4n) is 3.66. The second-order valence-corrected chi connectivity index (χ2v) is 6.73. The molecule has 24 heavy (non-hydrogen) atoms. The van der Waals surface area contributed by atoms with E-state index in [9.17, 15) is 4.79 Å². The lowest BCUT2D eigenvalue weighted by molar-refractivity contribution is 0.104. The van der Waals surface area contributed by atoms with E-state index in [1.54, 1.807) is 18.0 Å². The molecule has 1 N–H and O–H groups in total. The maximum absolute atomic E-state index is 12.4. The monoisotopic (exact) mass is 335 g/mol. The summed E-state index contributed by atoms with van der Waals surface area (Å²) in [5.74, 6) is 0. The summed E-state index contributed by atoms with van der Waals surface area (Å²) in [4.78, 5) is 17.0. The van der Waals surface area contributed by atoms with Gasteiger partial charge in [-0.1, -0.05) is 6.42 Å². The molecule has 0 spiro atoms. The van der Waals surface area contributed by atoms with Crippen LogP contribution in [0.25, 0.3) is 0 Å². The van der Waals surface area contributed by atoms with Crippen molar-refractivity contribution >= 4 is 11.7 Å². The minimum absolute atomic E-state index is 0.0154. The Kier molecular flexibility index (Phi) is 6.09. The van der Waals surface area contributed by atoms with Crippen molar-refractivity contribution in [2.24, 2.45) is 0 Å². The maximum atomic E-state index is 12.4. The van der Waals surface area contributed by atoms with Crippen LogP contribution in [0.4, 0.5) is 10.5 Å². The molecule has 0 atom stereocenters. The predicted octanol–water partition coefficient (Wildman–Crippen LogP) is 2.01. The minimum Gasteiger partial charge on any atom is -0.383 e. The van der Waals surface area contributed by atoms with Crippen LogP contribution in [0.5, 0.6) is 0 Å². The molecule has 134 valence electrons. The molecule has 2 aliphatic heterocycles. The molecule has 3 heterocycles. The molecule has 2 fully saturated rings. The minimum atomic E-state index is -0.0154. The van der Waals surface area contributed by atoms with E-state index in [0.717, 1.165) is 31.6 Å². The number of nitrogens with one attached hydrogen (secondary N) is 1. The first-order valence-electron chi connectivity index (χ1n) is 9.07. The summed E-state index contributed by atoms with van der Waals surface area (Å²) < 4.78 is 6.81. The number of amides is 2. The normalized spacial score (nSPS) is 20.3. The van der Waals surface area contributed by atoms with Crippen LogP contribution in [-0.4, -0.2) is 71.5 Å². The van der Waals surface area contributed by atoms with Gasteiger partial charge >= 0.3 is 6.03 Å². The Morgan fingerprint density at radius 2 is 2.00 bits per heavy atom. The molecule has 7 nitrogen and oxygen atoms in total. The molecular weight excluding hydrogens is 306 g/mol. The first-order chi connectivity index (χ1) is 11.8. The summed E-state index contributed by atoms with van der Waals surface area (Å²) in [6.45, 7) is 5.44. The zero-order chi connectivity index (χ0) is 16.8. The van der Waals surface area contributed by atoms with Gasteiger partial charge in [-0.25, -0.2) is 4.79 Å². The van der Waals surface area contributed by atoms with Gasteiger partial charge < -0.3 is 19.9 Å². The number of ether oxygens (including phenoxy) is 1. The summed E-state index contributed by atoms with van der Waals surface area (Å²) in [6.07, 6.45) is 9.73. The highest BCUT2D eigenvalue weighted by Crippen LogP contribution is 2.21. The van der Waals surface area contributed by atoms with Crippen LogP contribution in [-0.2, 0) is 11.3 Å². The summed E-state index contributed by atoms with van der Waals surface area (Å²) in [5.41, 5.74) is 0.745. The van der Waals surface area contributed by atoms with Crippen molar-refractivity contribution in [3.63, 3.8) is 0 Å². The highest BCUT2D eigenvalue weighted by Gasteiger charge is 2.27. The van der Waals surface area contributed by atoms with E-state index in [-0.39, 0.29) is 6.03 Å². The second-order valence-electron chi connectivity index (χ2n) is 6.73. The topological polar surface area (TPSA) is 62.6 Å². The van der Waals surface area contributed by atoms with Crippen molar-refractivity contribution < 1.29 is 9.53 Å². The van der Waals surface area contributed by atoms with Crippen LogP contribution in [0.2, 0.25) is 0 Å². The van der Waals surface area contributed by atoms with Gasteiger partial charge in [0.1, 0.15) is 0 Å². The van der Waals surface area contributed by atoms with E-state index >= 15 is 0 Å². The van der Waals surface area contributed by atoms with Gasteiger partial charge in [-0.15, -0.1) is 0 Å². The van der Waals surface area contributed by atoms with Crippen molar-refractivity contribution in [2.75, 3.05) is 45.2 Å². The largest absolute Gasteiger partial charge is 0.383 e. The SMILES string of the molecule is COCCn1cc(NC(=O)N2CCC(N3CCCCC3)CC2)cn1. The number of piperidine rings is 2. The Labute approximate surface area is 143 Å². The van der Waals surface area contributed by atoms with Crippen molar-refractivity contribution in [2.45, 2.75) is 44.7 Å². The molecular formula is C17H29N5O2. The zero-order valence-electron chi connectivity index (χ0n) is 14.6. The van der Waals surface area contributed by atoms with Gasteiger partial charge in [0.2, 0.25) is 0 Å². The number of aromatic nitrogens is 2. The third-order valence-corrected chi connectivity index (χ3v) is 5.07. The molecule has 2 saturated heterocycles. The lowest BCUT2D eigenvalue weighted by atomic mass is 10.0. The first-order valence-corrected chi connectivity index (χ1v) is 9.07. The molecule has 0 aliphatic carbocycles. The molecule has 0 radical (unpaired) electrons. The number of methoxy groups -OCH3 is 1. The van der Waals surface area contributed by atoms with Gasteiger partial charge in [-0.2, -0.15) is 5.10 Å². The lowest BCUT2D eigenvalue weighted by Gasteiger charge is -2.40. The van der Waals surface area contributed by atoms with Gasteiger partial charge in [0.05, 0.1) is 25.0 Å². The average Bonchev–Trinajstić information content (AvgIpc) is 3.08. The van der Waals surface area contributed by atoms with Gasteiger partial charge in [-0.3, -0.25) is 4.68 Å². The summed E-state index contributed by atoms with van der Waals surface area (Å²) in [5, 5.41) is 7.17. The van der Waals surface area contributed by atoms with Gasteiger partial charge in [0, 0.05) is 32.4 Å². The fraction of sp³-hybridized carbons (Fsp3) is 0.765. The number of hydrogen-bond donors (Lipinski definition) is 1. The molecule has 0 aromatic carbocycles. The van der Waals surface area contributed by atoms with Crippen LogP contribution in [0.3, 0.4) is 0 Å². The Morgan fingerprint density at radius 1 is 1.25 bits per heavy atom. The number of likely N-dealkylation sites (tertiary alicyclic amines) is 2. The number of nitrogens with zero attached hydrogens (tertiary/aromatic N) is 4. The number of carbonyl (C=O) groups is 1. The molecule has 1 aromatic rings. The standard InChI is InChI=1S/C17H29N5O2/c1-24-12-11-22-14-15(13-18-22)19-17(23)21-9-5-16(6-10-21)20-7-3-2-4-8-20/h13-14,16H,2-12H2,1H3,(H,19,23). The molecule has 0 bridgehead atoms. The van der Waals surface area contributed by atoms with E-state index in [2.05, 4.69) is 15.3 Å². The third kappa shape index (κ3) is 4.48. The second kappa shape index (κ2) is 8.48. The van der Waals surface area contributed by atoms with Crippen molar-refractivity contribution in [1.82, 2.24) is 19.6 Å². The van der Waals surface area contributed by atoms with Crippen molar-refractivity contribution in [3.05, 3.63) is 12.4 Å². The number of anilines is 1. The van der Waals surface area contributed by atoms with Crippen LogP contribution in [0, 0.1) is 0 Å². The smallest absolute Gasteiger partial charge is 0.321 e. The highest BCUT2D eigenvalue weighted by molar-refractivity contribution is 5.89. The highest BCUT2D eigenvalue weighted by atomic mass is 16.5. The van der Waals surface area contributed by atoms with E-state index in [1.165, 1.54) is 32.4 Å². The third-order valence-electron chi connectivity index (χ3n) is 5.07. The molecule has 1 aromatic heterocycles. The Hall–Kier alpha value is -1.60. The van der Waals surface area contributed by atoms with Crippen LogP contribution >= 0.6 is 0 Å². The van der Waals surface area contributed by atoms with Gasteiger partial charge in [0.15, 0.2) is 0 Å².